The summed E-state index contributed by atoms with van der Waals surface area (Å²) in [5.74, 6) is 1.72. The molecule has 1 heterocycles. The van der Waals surface area contributed by atoms with Crippen molar-refractivity contribution < 1.29 is 4.74 Å². The maximum atomic E-state index is 5.58. The molecule has 4 rings (SSSR count). The number of fused-ring (bicyclic) bond motifs is 3. The molecular formula is C23H29NO. The molecule has 0 amide bonds. The van der Waals surface area contributed by atoms with Gasteiger partial charge in [0.15, 0.2) is 0 Å². The molecule has 2 aromatic carbocycles. The lowest BCUT2D eigenvalue weighted by Gasteiger charge is -2.52. The molecule has 2 nitrogen and oxygen atoms in total. The Labute approximate surface area is 151 Å². The van der Waals surface area contributed by atoms with Crippen molar-refractivity contribution >= 4 is 0 Å². The highest BCUT2D eigenvalue weighted by molar-refractivity contribution is 5.44. The van der Waals surface area contributed by atoms with Crippen LogP contribution in [0.15, 0.2) is 48.5 Å². The lowest BCUT2D eigenvalue weighted by Crippen LogP contribution is -2.55. The zero-order chi connectivity index (χ0) is 17.3. The van der Waals surface area contributed by atoms with Crippen LogP contribution < -0.4 is 10.1 Å². The monoisotopic (exact) mass is 335 g/mol. The van der Waals surface area contributed by atoms with Gasteiger partial charge in [-0.3, -0.25) is 0 Å². The van der Waals surface area contributed by atoms with Gasteiger partial charge in [-0.05, 0) is 80.3 Å². The number of piperidine rings is 1. The minimum absolute atomic E-state index is 0.280. The van der Waals surface area contributed by atoms with Gasteiger partial charge in [-0.1, -0.05) is 36.4 Å². The Morgan fingerprint density at radius 1 is 1.16 bits per heavy atom. The maximum absolute atomic E-state index is 5.58. The van der Waals surface area contributed by atoms with Gasteiger partial charge >= 0.3 is 0 Å². The van der Waals surface area contributed by atoms with Crippen molar-refractivity contribution in [3.05, 3.63) is 65.2 Å². The van der Waals surface area contributed by atoms with E-state index in [1.165, 1.54) is 31.2 Å². The van der Waals surface area contributed by atoms with Gasteiger partial charge in [-0.25, -0.2) is 0 Å². The summed E-state index contributed by atoms with van der Waals surface area (Å²) in [6, 6.07) is 18.3. The van der Waals surface area contributed by atoms with E-state index in [1.54, 1.807) is 18.2 Å². The van der Waals surface area contributed by atoms with Crippen molar-refractivity contribution in [2.45, 2.75) is 50.5 Å². The van der Waals surface area contributed by atoms with Crippen LogP contribution in [-0.2, 0) is 18.3 Å². The third kappa shape index (κ3) is 2.97. The summed E-state index contributed by atoms with van der Waals surface area (Å²) in [5.41, 5.74) is 4.84. The third-order valence-electron chi connectivity index (χ3n) is 6.63. The average molecular weight is 335 g/mol. The largest absolute Gasteiger partial charge is 0.497 e. The molecule has 1 aliphatic heterocycles. The van der Waals surface area contributed by atoms with E-state index in [2.05, 4.69) is 60.8 Å². The van der Waals surface area contributed by atoms with Crippen LogP contribution in [0.4, 0.5) is 0 Å². The van der Waals surface area contributed by atoms with Crippen LogP contribution in [0.3, 0.4) is 0 Å². The second kappa shape index (κ2) is 6.84. The molecule has 2 aliphatic rings. The second-order valence-electron chi connectivity index (χ2n) is 7.80. The van der Waals surface area contributed by atoms with Crippen LogP contribution in [0.5, 0.6) is 5.75 Å². The van der Waals surface area contributed by atoms with E-state index in [0.717, 1.165) is 18.7 Å². The molecule has 25 heavy (non-hydrogen) atoms. The van der Waals surface area contributed by atoms with Crippen molar-refractivity contribution in [3.8, 4) is 5.75 Å². The molecule has 0 bridgehead atoms. The minimum atomic E-state index is 0.280. The van der Waals surface area contributed by atoms with Crippen molar-refractivity contribution in [1.29, 1.82) is 0 Å². The molecule has 2 heteroatoms. The quantitative estimate of drug-likeness (QED) is 0.887. The number of ether oxygens (including phenoxy) is 1. The summed E-state index contributed by atoms with van der Waals surface area (Å²) in [4.78, 5) is 0. The zero-order valence-electron chi connectivity index (χ0n) is 15.4. The van der Waals surface area contributed by atoms with Gasteiger partial charge < -0.3 is 10.1 Å². The van der Waals surface area contributed by atoms with E-state index >= 15 is 0 Å². The highest BCUT2D eigenvalue weighted by atomic mass is 16.5. The van der Waals surface area contributed by atoms with E-state index in [0.29, 0.717) is 12.0 Å². The summed E-state index contributed by atoms with van der Waals surface area (Å²) in [7, 11) is 1.78. The van der Waals surface area contributed by atoms with Crippen LogP contribution in [0.2, 0.25) is 0 Å². The first-order valence-electron chi connectivity index (χ1n) is 9.68. The van der Waals surface area contributed by atoms with Gasteiger partial charge in [-0.2, -0.15) is 0 Å². The van der Waals surface area contributed by atoms with Crippen LogP contribution in [-0.4, -0.2) is 19.7 Å². The predicted molar refractivity (Wildman–Crippen MR) is 103 cm³/mol. The minimum Gasteiger partial charge on any atom is -0.497 e. The van der Waals surface area contributed by atoms with Crippen molar-refractivity contribution in [2.24, 2.45) is 5.92 Å². The molecule has 132 valence electrons. The van der Waals surface area contributed by atoms with Gasteiger partial charge in [0.25, 0.3) is 0 Å². The molecule has 0 radical (unpaired) electrons. The highest BCUT2D eigenvalue weighted by Crippen LogP contribution is 2.50. The van der Waals surface area contributed by atoms with E-state index < -0.39 is 0 Å². The molecule has 1 N–H and O–H groups in total. The van der Waals surface area contributed by atoms with Crippen LogP contribution in [0.1, 0.15) is 42.9 Å². The summed E-state index contributed by atoms with van der Waals surface area (Å²) in [6.45, 7) is 3.50. The summed E-state index contributed by atoms with van der Waals surface area (Å²) in [6.07, 6.45) is 6.11. The standard InChI is InChI=1S/C23H29NO/c1-17-21-11-9-19-8-10-20(25-2)16-22(19)23(21,14-15-24-17)13-12-18-6-4-3-5-7-18/h3-8,10,16-17,21,24H,9,11-15H2,1-2H3. The number of nitrogens with one attached hydrogen (secondary N) is 1. The fourth-order valence-corrected chi connectivity index (χ4v) is 5.32. The van der Waals surface area contributed by atoms with E-state index in [4.69, 9.17) is 4.74 Å². The SMILES string of the molecule is COc1ccc2c(c1)C1(CCc3ccccc3)CCNC(C)C1CC2. The number of aryl methyl sites for hydroxylation is 2. The summed E-state index contributed by atoms with van der Waals surface area (Å²) >= 11 is 0. The van der Waals surface area contributed by atoms with Gasteiger partial charge in [0.1, 0.15) is 5.75 Å². The molecule has 3 unspecified atom stereocenters. The Kier molecular flexibility index (Phi) is 4.56. The second-order valence-corrected chi connectivity index (χ2v) is 7.80. The smallest absolute Gasteiger partial charge is 0.119 e. The molecule has 1 fully saturated rings. The first kappa shape index (κ1) is 16.7. The Bertz CT molecular complexity index is 726. The van der Waals surface area contributed by atoms with Crippen molar-refractivity contribution in [3.63, 3.8) is 0 Å². The first-order valence-corrected chi connectivity index (χ1v) is 9.68. The normalized spacial score (nSPS) is 28.1. The molecular weight excluding hydrogens is 306 g/mol. The fourth-order valence-electron chi connectivity index (χ4n) is 5.32. The highest BCUT2D eigenvalue weighted by Gasteiger charge is 2.47. The molecule has 2 aromatic rings. The predicted octanol–water partition coefficient (Wildman–Crippen LogP) is 4.51. The van der Waals surface area contributed by atoms with E-state index in [1.807, 2.05) is 0 Å². The number of hydrogen-bond donors (Lipinski definition) is 1. The summed E-state index contributed by atoms with van der Waals surface area (Å²) in [5, 5.41) is 3.73. The number of hydrogen-bond acceptors (Lipinski definition) is 2. The lowest BCUT2D eigenvalue weighted by atomic mass is 9.56. The third-order valence-corrected chi connectivity index (χ3v) is 6.63. The molecule has 0 spiro atoms. The molecule has 0 aromatic heterocycles. The van der Waals surface area contributed by atoms with Crippen LogP contribution >= 0.6 is 0 Å². The van der Waals surface area contributed by atoms with Gasteiger partial charge in [-0.15, -0.1) is 0 Å². The molecule has 1 aliphatic carbocycles. The van der Waals surface area contributed by atoms with Crippen LogP contribution in [0.25, 0.3) is 0 Å². The van der Waals surface area contributed by atoms with Gasteiger partial charge in [0.05, 0.1) is 7.11 Å². The van der Waals surface area contributed by atoms with Crippen molar-refractivity contribution in [2.75, 3.05) is 13.7 Å². The zero-order valence-corrected chi connectivity index (χ0v) is 15.4. The first-order chi connectivity index (χ1) is 12.2. The topological polar surface area (TPSA) is 21.3 Å². The Morgan fingerprint density at radius 2 is 2.00 bits per heavy atom. The van der Waals surface area contributed by atoms with Crippen LogP contribution in [0, 0.1) is 5.92 Å². The Balaban J connectivity index is 1.74. The Hall–Kier alpha value is -1.80. The molecule has 0 saturated carbocycles. The Morgan fingerprint density at radius 3 is 2.80 bits per heavy atom. The van der Waals surface area contributed by atoms with E-state index in [9.17, 15) is 0 Å². The molecule has 3 atom stereocenters. The maximum Gasteiger partial charge on any atom is 0.119 e. The fraction of sp³-hybridized carbons (Fsp3) is 0.478. The number of methoxy groups -OCH3 is 1. The average Bonchev–Trinajstić information content (AvgIpc) is 2.67. The summed E-state index contributed by atoms with van der Waals surface area (Å²) < 4.78 is 5.58. The van der Waals surface area contributed by atoms with E-state index in [-0.39, 0.29) is 5.41 Å². The van der Waals surface area contributed by atoms with Gasteiger partial charge in [0.2, 0.25) is 0 Å². The van der Waals surface area contributed by atoms with Gasteiger partial charge in [0, 0.05) is 11.5 Å². The lowest BCUT2D eigenvalue weighted by molar-refractivity contribution is 0.121. The number of benzene rings is 2. The van der Waals surface area contributed by atoms with Crippen molar-refractivity contribution in [1.82, 2.24) is 5.32 Å². The molecule has 1 saturated heterocycles. The number of rotatable bonds is 4.